The van der Waals surface area contributed by atoms with Gasteiger partial charge >= 0.3 is 57.1 Å². The molecule has 0 aliphatic rings. The van der Waals surface area contributed by atoms with E-state index in [0.29, 0.717) is 0 Å². The van der Waals surface area contributed by atoms with Gasteiger partial charge in [0.1, 0.15) is 0 Å². The Morgan fingerprint density at radius 2 is 1.50 bits per heavy atom. The topological polar surface area (TPSA) is 34.1 Å². The minimum absolute atomic E-state index is 0.0856. The van der Waals surface area contributed by atoms with Gasteiger partial charge in [-0.2, -0.15) is 0 Å². The molecule has 0 saturated heterocycles. The average Bonchev–Trinajstić information content (AvgIpc) is 1.64. The standard InChI is InChI=1S/C5H7O2.V/c1-4(6)3-5(2)7;/h3H,1-2H3;. The van der Waals surface area contributed by atoms with Crippen molar-refractivity contribution in [2.24, 2.45) is 0 Å². The Morgan fingerprint density at radius 1 is 1.25 bits per heavy atom. The van der Waals surface area contributed by atoms with Crippen molar-refractivity contribution in [3.63, 3.8) is 0 Å². The molecule has 0 fully saturated rings. The molecule has 3 heteroatoms. The van der Waals surface area contributed by atoms with Gasteiger partial charge in [0.15, 0.2) is 0 Å². The van der Waals surface area contributed by atoms with Gasteiger partial charge < -0.3 is 0 Å². The molecule has 0 saturated carbocycles. The molecule has 0 aromatic heterocycles. The van der Waals surface area contributed by atoms with Crippen LogP contribution in [0.5, 0.6) is 0 Å². The molecule has 0 amide bonds. The van der Waals surface area contributed by atoms with Crippen molar-refractivity contribution < 1.29 is 27.0 Å². The number of hydrogen-bond acceptors (Lipinski definition) is 2. The van der Waals surface area contributed by atoms with Crippen LogP contribution in [0, 0.1) is 0 Å². The summed E-state index contributed by atoms with van der Waals surface area (Å²) < 4.78 is -0.470. The summed E-state index contributed by atoms with van der Waals surface area (Å²) in [7, 11) is 0. The van der Waals surface area contributed by atoms with Crippen LogP contribution in [0.15, 0.2) is 0 Å². The molecule has 0 atom stereocenters. The second kappa shape index (κ2) is 3.05. The van der Waals surface area contributed by atoms with E-state index in [1.54, 1.807) is 0 Å². The second-order valence-corrected chi connectivity index (χ2v) is 2.43. The number of rotatable bonds is 2. The zero-order valence-electron chi connectivity index (χ0n) is 4.84. The van der Waals surface area contributed by atoms with Gasteiger partial charge in [0.05, 0.1) is 0 Å². The summed E-state index contributed by atoms with van der Waals surface area (Å²) >= 11 is 2.05. The van der Waals surface area contributed by atoms with Crippen LogP contribution < -0.4 is 0 Å². The fourth-order valence-electron chi connectivity index (χ4n) is 0.286. The van der Waals surface area contributed by atoms with Crippen molar-refractivity contribution in [1.82, 2.24) is 0 Å². The van der Waals surface area contributed by atoms with Gasteiger partial charge in [0.25, 0.3) is 0 Å². The maximum atomic E-state index is 10.3. The van der Waals surface area contributed by atoms with Crippen molar-refractivity contribution in [2.75, 3.05) is 0 Å². The van der Waals surface area contributed by atoms with Gasteiger partial charge in [-0.15, -0.1) is 0 Å². The van der Waals surface area contributed by atoms with E-state index in [1.165, 1.54) is 13.8 Å². The van der Waals surface area contributed by atoms with Gasteiger partial charge in [-0.05, 0) is 0 Å². The molecule has 0 aliphatic heterocycles. The molecule has 0 spiro atoms. The molecule has 2 nitrogen and oxygen atoms in total. The molecular formula is C5H7O2V. The van der Waals surface area contributed by atoms with E-state index in [9.17, 15) is 9.59 Å². The molecule has 0 aliphatic carbocycles. The van der Waals surface area contributed by atoms with Gasteiger partial charge in [0.2, 0.25) is 0 Å². The molecule has 8 heavy (non-hydrogen) atoms. The summed E-state index contributed by atoms with van der Waals surface area (Å²) in [5.41, 5.74) is 0. The normalized spacial score (nSPS) is 9.38. The van der Waals surface area contributed by atoms with Crippen LogP contribution in [0.25, 0.3) is 0 Å². The van der Waals surface area contributed by atoms with E-state index in [0.717, 1.165) is 0 Å². The van der Waals surface area contributed by atoms with Gasteiger partial charge in [-0.25, -0.2) is 0 Å². The molecule has 0 N–H and O–H groups in total. The van der Waals surface area contributed by atoms with Gasteiger partial charge in [-0.3, -0.25) is 0 Å². The summed E-state index contributed by atoms with van der Waals surface area (Å²) in [6.07, 6.45) is 0. The molecular weight excluding hydrogens is 143 g/mol. The minimum atomic E-state index is -0.470. The zero-order chi connectivity index (χ0) is 6.73. The number of carbonyl (C=O) groups excluding carboxylic acids is 2. The van der Waals surface area contributed by atoms with E-state index in [-0.39, 0.29) is 11.6 Å². The molecule has 0 bridgehead atoms. The molecule has 0 aromatic carbocycles. The number of hydrogen-bond donors (Lipinski definition) is 0. The Labute approximate surface area is 57.6 Å². The van der Waals surface area contributed by atoms with Crippen LogP contribution in [-0.2, 0) is 27.0 Å². The molecule has 0 radical (unpaired) electrons. The first kappa shape index (κ1) is 7.92. The molecule has 0 rings (SSSR count). The number of carbonyl (C=O) groups is 2. The van der Waals surface area contributed by atoms with Crippen molar-refractivity contribution >= 4 is 11.6 Å². The van der Waals surface area contributed by atoms with Crippen molar-refractivity contribution in [1.29, 1.82) is 0 Å². The van der Waals surface area contributed by atoms with Crippen LogP contribution in [-0.4, -0.2) is 11.6 Å². The Kier molecular flexibility index (Phi) is 3.02. The first-order valence-corrected chi connectivity index (χ1v) is 3.05. The third kappa shape index (κ3) is 2.29. The average molecular weight is 150 g/mol. The zero-order valence-corrected chi connectivity index (χ0v) is 6.24. The first-order valence-electron chi connectivity index (χ1n) is 2.24. The van der Waals surface area contributed by atoms with E-state index in [4.69, 9.17) is 0 Å². The van der Waals surface area contributed by atoms with E-state index in [1.807, 2.05) is 17.4 Å². The van der Waals surface area contributed by atoms with Crippen molar-refractivity contribution in [3.8, 4) is 0 Å². The summed E-state index contributed by atoms with van der Waals surface area (Å²) in [4.78, 5) is 20.7. The maximum absolute atomic E-state index is 10.3. The molecule has 0 heterocycles. The van der Waals surface area contributed by atoms with E-state index < -0.39 is 4.63 Å². The van der Waals surface area contributed by atoms with Crippen LogP contribution in [0.1, 0.15) is 13.8 Å². The first-order chi connectivity index (χ1) is 3.55. The third-order valence-electron chi connectivity index (χ3n) is 0.770. The predicted octanol–water partition coefficient (Wildman–Crippen LogP) is 0.500. The Morgan fingerprint density at radius 3 is 1.50 bits per heavy atom. The Balaban J connectivity index is 3.83. The van der Waals surface area contributed by atoms with Crippen molar-refractivity contribution in [3.05, 3.63) is 0 Å². The van der Waals surface area contributed by atoms with Gasteiger partial charge in [-0.1, -0.05) is 0 Å². The molecule has 0 aromatic rings. The SMILES string of the molecule is CC(=O)[CH]([V])C(C)=O. The summed E-state index contributed by atoms with van der Waals surface area (Å²) in [6.45, 7) is 2.81. The fourth-order valence-corrected chi connectivity index (χ4v) is 0.286. The van der Waals surface area contributed by atoms with Crippen LogP contribution in [0.3, 0.4) is 0 Å². The molecule has 44 valence electrons. The Hall–Kier alpha value is -0.0756. The van der Waals surface area contributed by atoms with E-state index >= 15 is 0 Å². The summed E-state index contributed by atoms with van der Waals surface area (Å²) in [6, 6.07) is 0. The fraction of sp³-hybridized carbons (Fsp3) is 0.600. The van der Waals surface area contributed by atoms with Crippen LogP contribution in [0.2, 0.25) is 4.63 Å². The third-order valence-corrected chi connectivity index (χ3v) is 1.91. The monoisotopic (exact) mass is 150 g/mol. The number of Topliss-reactive ketones (excluding diaryl/α,β-unsaturated/α-hetero) is 2. The van der Waals surface area contributed by atoms with Crippen molar-refractivity contribution in [2.45, 2.75) is 18.5 Å². The molecule has 0 unspecified atom stereocenters. The second-order valence-electron chi connectivity index (χ2n) is 1.62. The Bertz CT molecular complexity index is 106. The number of ketones is 2. The summed E-state index contributed by atoms with van der Waals surface area (Å²) in [5.74, 6) is -0.171. The predicted molar refractivity (Wildman–Crippen MR) is 25.1 cm³/mol. The quantitative estimate of drug-likeness (QED) is 0.537. The van der Waals surface area contributed by atoms with E-state index in [2.05, 4.69) is 0 Å². The van der Waals surface area contributed by atoms with Crippen LogP contribution >= 0.6 is 0 Å². The van der Waals surface area contributed by atoms with Crippen LogP contribution in [0.4, 0.5) is 0 Å². The summed E-state index contributed by atoms with van der Waals surface area (Å²) in [5, 5.41) is 0. The van der Waals surface area contributed by atoms with Gasteiger partial charge in [0, 0.05) is 0 Å².